The fraction of sp³-hybridized carbons (Fsp3) is 0.750. The predicted octanol–water partition coefficient (Wildman–Crippen LogP) is 6.95. The van der Waals surface area contributed by atoms with E-state index in [1.165, 1.54) is 0 Å². The van der Waals surface area contributed by atoms with Crippen molar-refractivity contribution >= 4 is 15.2 Å². The van der Waals surface area contributed by atoms with Gasteiger partial charge in [-0.25, -0.2) is 0 Å². The number of hydrogen-bond acceptors (Lipinski definition) is 8. The summed E-state index contributed by atoms with van der Waals surface area (Å²) in [6, 6.07) is 9.93. The summed E-state index contributed by atoms with van der Waals surface area (Å²) < 4.78 is 57.7. The lowest BCUT2D eigenvalue weighted by Gasteiger charge is -2.42. The Kier molecular flexibility index (Phi) is 15.7. The van der Waals surface area contributed by atoms with E-state index in [2.05, 4.69) is 12.2 Å². The zero-order valence-electron chi connectivity index (χ0n) is 21.6. The van der Waals surface area contributed by atoms with Gasteiger partial charge in [0.25, 0.3) is 5.08 Å². The maximum absolute atomic E-state index is 14.3. The van der Waals surface area contributed by atoms with Gasteiger partial charge in [0.05, 0.1) is 26.4 Å². The summed E-state index contributed by atoms with van der Waals surface area (Å²) in [4.78, 5) is 0. The van der Waals surface area contributed by atoms with Crippen molar-refractivity contribution in [2.45, 2.75) is 78.4 Å². The van der Waals surface area contributed by atoms with E-state index in [1.807, 2.05) is 30.3 Å². The molecule has 1 aromatic rings. The summed E-state index contributed by atoms with van der Waals surface area (Å²) in [6.07, 6.45) is 3.87. The Bertz CT molecular complexity index is 698. The minimum Gasteiger partial charge on any atom is -0.352 e. The van der Waals surface area contributed by atoms with Gasteiger partial charge in [0, 0.05) is 19.6 Å². The number of hydrogen-bond donors (Lipinski definition) is 1. The first-order chi connectivity index (χ1) is 16.4. The Morgan fingerprint density at radius 1 is 0.765 bits per heavy atom. The van der Waals surface area contributed by atoms with Crippen LogP contribution in [0, 0.1) is 0 Å². The van der Waals surface area contributed by atoms with Crippen molar-refractivity contribution in [2.75, 3.05) is 39.6 Å². The zero-order chi connectivity index (χ0) is 25.3. The highest BCUT2D eigenvalue weighted by atomic mass is 31.2. The summed E-state index contributed by atoms with van der Waals surface area (Å²) in [5.74, 6) is 0. The molecule has 1 N–H and O–H groups in total. The number of ether oxygens (including phenoxy) is 1. The maximum atomic E-state index is 14.3. The van der Waals surface area contributed by atoms with Crippen molar-refractivity contribution in [3.05, 3.63) is 35.9 Å². The lowest BCUT2D eigenvalue weighted by atomic mass is 10.2. The third-order valence-corrected chi connectivity index (χ3v) is 11.5. The molecule has 0 aliphatic heterocycles. The van der Waals surface area contributed by atoms with Crippen LogP contribution in [0.5, 0.6) is 0 Å². The molecule has 198 valence electrons. The van der Waals surface area contributed by atoms with Gasteiger partial charge in [-0.15, -0.1) is 0 Å². The molecule has 8 nitrogen and oxygen atoms in total. The number of unbranched alkanes of at least 4 members (excludes halogenated alkanes) is 3. The van der Waals surface area contributed by atoms with Gasteiger partial charge in [0.2, 0.25) is 0 Å². The van der Waals surface area contributed by atoms with Crippen LogP contribution >= 0.6 is 15.2 Å². The van der Waals surface area contributed by atoms with E-state index in [9.17, 15) is 9.13 Å². The molecule has 0 amide bonds. The van der Waals surface area contributed by atoms with Crippen molar-refractivity contribution in [2.24, 2.45) is 0 Å². The van der Waals surface area contributed by atoms with Gasteiger partial charge in [0.1, 0.15) is 0 Å². The second-order valence-electron chi connectivity index (χ2n) is 7.73. The molecular weight excluding hydrogens is 476 g/mol. The summed E-state index contributed by atoms with van der Waals surface area (Å²) in [7, 11) is -8.17. The Morgan fingerprint density at radius 3 is 1.76 bits per heavy atom. The normalized spacial score (nSPS) is 12.9. The summed E-state index contributed by atoms with van der Waals surface area (Å²) >= 11 is 0. The molecule has 1 rings (SSSR count). The molecule has 10 heteroatoms. The van der Waals surface area contributed by atoms with Crippen LogP contribution < -0.4 is 5.32 Å². The highest BCUT2D eigenvalue weighted by Gasteiger charge is 2.66. The molecule has 1 aromatic carbocycles. The van der Waals surface area contributed by atoms with Crippen LogP contribution in [0.1, 0.15) is 72.3 Å². The van der Waals surface area contributed by atoms with Gasteiger partial charge < -0.3 is 28.1 Å². The Morgan fingerprint density at radius 2 is 1.29 bits per heavy atom. The van der Waals surface area contributed by atoms with E-state index >= 15 is 0 Å². The van der Waals surface area contributed by atoms with Crippen molar-refractivity contribution < 1.29 is 32.0 Å². The molecule has 0 saturated heterocycles. The van der Waals surface area contributed by atoms with E-state index in [1.54, 1.807) is 27.7 Å². The van der Waals surface area contributed by atoms with Gasteiger partial charge in [-0.1, -0.05) is 56.5 Å². The van der Waals surface area contributed by atoms with Crippen molar-refractivity contribution in [3.63, 3.8) is 0 Å². The minimum atomic E-state index is -4.08. The standard InChI is InChI=1S/C24H45NO7P2/c1-6-11-12-16-21-28-24(33(26,29-7-2)30-8-3,34(27,31-9-4)32-10-5)19-20-25-22-23-17-14-13-15-18-23/h13-15,17-18,25H,6-12,16,19-22H2,1-5H3. The highest BCUT2D eigenvalue weighted by molar-refractivity contribution is 7.74. The molecule has 34 heavy (non-hydrogen) atoms. The van der Waals surface area contributed by atoms with Crippen molar-refractivity contribution in [3.8, 4) is 0 Å². The molecule has 0 aromatic heterocycles. The Labute approximate surface area is 206 Å². The van der Waals surface area contributed by atoms with Gasteiger partial charge in [-0.2, -0.15) is 0 Å². The quantitative estimate of drug-likeness (QED) is 0.137. The highest BCUT2D eigenvalue weighted by Crippen LogP contribution is 2.79. The molecular formula is C24H45NO7P2. The molecule has 0 radical (unpaired) electrons. The first-order valence-corrected chi connectivity index (χ1v) is 15.6. The average molecular weight is 522 g/mol. The molecule has 0 spiro atoms. The summed E-state index contributed by atoms with van der Waals surface area (Å²) in [5.41, 5.74) is 1.10. The monoisotopic (exact) mass is 521 g/mol. The minimum absolute atomic E-state index is 0.0716. The molecule has 0 bridgehead atoms. The molecule has 0 saturated carbocycles. The molecule has 0 fully saturated rings. The van der Waals surface area contributed by atoms with Crippen LogP contribution in [0.25, 0.3) is 0 Å². The summed E-state index contributed by atoms with van der Waals surface area (Å²) in [6.45, 7) is 10.6. The predicted molar refractivity (Wildman–Crippen MR) is 137 cm³/mol. The fourth-order valence-electron chi connectivity index (χ4n) is 3.66. The number of benzene rings is 1. The summed E-state index contributed by atoms with van der Waals surface area (Å²) in [5, 5.41) is 1.45. The first kappa shape index (κ1) is 31.5. The van der Waals surface area contributed by atoms with Crippen LogP contribution in [0.4, 0.5) is 0 Å². The fourth-order valence-corrected chi connectivity index (χ4v) is 9.13. The SMILES string of the molecule is CCCCCCOC(CCNCc1ccccc1)(P(=O)(OCC)OCC)P(=O)(OCC)OCC. The largest absolute Gasteiger partial charge is 0.374 e. The third-order valence-electron chi connectivity index (χ3n) is 5.18. The topological polar surface area (TPSA) is 92.3 Å². The molecule has 0 atom stereocenters. The van der Waals surface area contributed by atoms with E-state index in [-0.39, 0.29) is 39.5 Å². The lowest BCUT2D eigenvalue weighted by Crippen LogP contribution is -2.39. The Balaban J connectivity index is 3.35. The van der Waals surface area contributed by atoms with Gasteiger partial charge in [-0.3, -0.25) is 9.13 Å². The second kappa shape index (κ2) is 17.0. The van der Waals surface area contributed by atoms with Crippen LogP contribution in [0.3, 0.4) is 0 Å². The van der Waals surface area contributed by atoms with Crippen molar-refractivity contribution in [1.29, 1.82) is 0 Å². The van der Waals surface area contributed by atoms with Crippen LogP contribution in [-0.2, 0) is 38.5 Å². The van der Waals surface area contributed by atoms with E-state index in [4.69, 9.17) is 22.8 Å². The molecule has 0 unspecified atom stereocenters. The van der Waals surface area contributed by atoms with E-state index in [0.717, 1.165) is 31.2 Å². The van der Waals surface area contributed by atoms with Crippen LogP contribution in [-0.4, -0.2) is 44.7 Å². The van der Waals surface area contributed by atoms with E-state index in [0.29, 0.717) is 13.1 Å². The third kappa shape index (κ3) is 8.83. The van der Waals surface area contributed by atoms with Gasteiger partial charge in [0.15, 0.2) is 0 Å². The molecule has 0 aliphatic rings. The van der Waals surface area contributed by atoms with Gasteiger partial charge in [-0.05, 0) is 46.2 Å². The molecule has 0 aliphatic carbocycles. The Hall–Kier alpha value is -0.560. The second-order valence-corrected chi connectivity index (χ2v) is 12.6. The number of nitrogens with one attached hydrogen (secondary N) is 1. The van der Waals surface area contributed by atoms with E-state index < -0.39 is 20.3 Å². The lowest BCUT2D eigenvalue weighted by molar-refractivity contribution is 0.00929. The maximum Gasteiger partial charge on any atom is 0.374 e. The molecule has 0 heterocycles. The van der Waals surface area contributed by atoms with Crippen LogP contribution in [0.2, 0.25) is 0 Å². The van der Waals surface area contributed by atoms with Gasteiger partial charge >= 0.3 is 15.2 Å². The van der Waals surface area contributed by atoms with Crippen LogP contribution in [0.15, 0.2) is 30.3 Å². The number of rotatable bonds is 21. The first-order valence-electron chi connectivity index (χ1n) is 12.6. The van der Waals surface area contributed by atoms with Crippen molar-refractivity contribution in [1.82, 2.24) is 5.32 Å². The smallest absolute Gasteiger partial charge is 0.352 e. The zero-order valence-corrected chi connectivity index (χ0v) is 23.4. The average Bonchev–Trinajstić information content (AvgIpc) is 2.81.